The number of aromatic nitrogens is 2. The molecule has 1 aromatic heterocycles. The predicted molar refractivity (Wildman–Crippen MR) is 107 cm³/mol. The predicted octanol–water partition coefficient (Wildman–Crippen LogP) is 1.73. The van der Waals surface area contributed by atoms with Crippen molar-refractivity contribution < 1.29 is 14.3 Å². The van der Waals surface area contributed by atoms with Crippen LogP contribution in [-0.2, 0) is 4.74 Å². The molecule has 0 atom stereocenters. The van der Waals surface area contributed by atoms with E-state index in [-0.39, 0.29) is 6.03 Å². The summed E-state index contributed by atoms with van der Waals surface area (Å²) in [6, 6.07) is 6.62. The molecule has 0 bridgehead atoms. The quantitative estimate of drug-likeness (QED) is 0.757. The summed E-state index contributed by atoms with van der Waals surface area (Å²) in [5.41, 5.74) is 1.86. The number of hydrogen-bond acceptors (Lipinski definition) is 7. The van der Waals surface area contributed by atoms with E-state index in [9.17, 15) is 9.59 Å². The Labute approximate surface area is 163 Å². The van der Waals surface area contributed by atoms with Gasteiger partial charge in [-0.3, -0.25) is 0 Å². The van der Waals surface area contributed by atoms with Gasteiger partial charge in [0.25, 0.3) is 0 Å². The molecule has 1 fully saturated rings. The molecule has 1 aromatic carbocycles. The van der Waals surface area contributed by atoms with E-state index in [2.05, 4.69) is 30.4 Å². The molecular formula is C19H24N6O3. The first-order valence-electron chi connectivity index (χ1n) is 9.16. The Balaban J connectivity index is 1.80. The molecule has 2 aromatic rings. The third-order valence-corrected chi connectivity index (χ3v) is 4.46. The molecule has 1 saturated heterocycles. The van der Waals surface area contributed by atoms with Crippen LogP contribution >= 0.6 is 0 Å². The van der Waals surface area contributed by atoms with E-state index >= 15 is 0 Å². The monoisotopic (exact) mass is 384 g/mol. The molecule has 0 aliphatic carbocycles. The zero-order chi connectivity index (χ0) is 19.9. The molecule has 0 unspecified atom stereocenters. The summed E-state index contributed by atoms with van der Waals surface area (Å²) in [6.07, 6.45) is 3.45. The Kier molecular flexibility index (Phi) is 6.25. The lowest BCUT2D eigenvalue weighted by molar-refractivity contribution is 0.0601. The van der Waals surface area contributed by atoms with Crippen LogP contribution < -0.4 is 20.4 Å². The van der Waals surface area contributed by atoms with Crippen molar-refractivity contribution in [1.82, 2.24) is 15.3 Å². The molecule has 2 N–H and O–H groups in total. The second kappa shape index (κ2) is 9.03. The van der Waals surface area contributed by atoms with Crippen molar-refractivity contribution in [3.8, 4) is 0 Å². The number of nitrogens with zero attached hydrogens (tertiary/aromatic N) is 4. The molecule has 0 saturated carbocycles. The number of esters is 1. The van der Waals surface area contributed by atoms with Gasteiger partial charge in [-0.05, 0) is 31.2 Å². The molecule has 148 valence electrons. The van der Waals surface area contributed by atoms with Crippen LogP contribution in [-0.4, -0.2) is 61.8 Å². The Hall–Kier alpha value is -3.36. The number of benzene rings is 1. The van der Waals surface area contributed by atoms with Crippen LogP contribution in [0.1, 0.15) is 17.3 Å². The summed E-state index contributed by atoms with van der Waals surface area (Å²) in [5, 5.41) is 5.57. The molecule has 1 aliphatic rings. The first-order valence-corrected chi connectivity index (χ1v) is 9.16. The molecule has 2 amide bonds. The van der Waals surface area contributed by atoms with Crippen LogP contribution in [0.5, 0.6) is 0 Å². The minimum Gasteiger partial charge on any atom is -0.465 e. The standard InChI is InChI=1S/C19H24N6O3/c1-3-20-19(27)23-15-6-5-14(17(26)28-2)13-16(15)24-9-11-25(12-10-24)18-21-7-4-8-22-18/h4-8,13H,3,9-12H2,1-2H3,(H2,20,23,27). The number of ether oxygens (including phenoxy) is 1. The van der Waals surface area contributed by atoms with Crippen molar-refractivity contribution in [3.05, 3.63) is 42.2 Å². The highest BCUT2D eigenvalue weighted by molar-refractivity contribution is 5.97. The summed E-state index contributed by atoms with van der Waals surface area (Å²) in [5.74, 6) is 0.285. The number of carbonyl (C=O) groups is 2. The van der Waals surface area contributed by atoms with Crippen LogP contribution in [0.3, 0.4) is 0 Å². The minimum atomic E-state index is -0.415. The van der Waals surface area contributed by atoms with Crippen molar-refractivity contribution >= 4 is 29.3 Å². The lowest BCUT2D eigenvalue weighted by Crippen LogP contribution is -2.47. The molecule has 1 aliphatic heterocycles. The van der Waals surface area contributed by atoms with Crippen LogP contribution in [0.15, 0.2) is 36.7 Å². The molecule has 9 nitrogen and oxygen atoms in total. The zero-order valence-electron chi connectivity index (χ0n) is 16.0. The summed E-state index contributed by atoms with van der Waals surface area (Å²) < 4.78 is 4.83. The van der Waals surface area contributed by atoms with Crippen molar-refractivity contribution in [1.29, 1.82) is 0 Å². The topological polar surface area (TPSA) is 99.7 Å². The van der Waals surface area contributed by atoms with Gasteiger partial charge in [-0.2, -0.15) is 0 Å². The van der Waals surface area contributed by atoms with E-state index in [4.69, 9.17) is 4.74 Å². The Morgan fingerprint density at radius 1 is 1.11 bits per heavy atom. The number of methoxy groups -OCH3 is 1. The fraction of sp³-hybridized carbons (Fsp3) is 0.368. The van der Waals surface area contributed by atoms with Gasteiger partial charge in [0, 0.05) is 45.1 Å². The van der Waals surface area contributed by atoms with Crippen molar-refractivity contribution in [2.24, 2.45) is 0 Å². The highest BCUT2D eigenvalue weighted by atomic mass is 16.5. The van der Waals surface area contributed by atoms with Crippen LogP contribution in [0.25, 0.3) is 0 Å². The van der Waals surface area contributed by atoms with E-state index in [0.29, 0.717) is 36.8 Å². The van der Waals surface area contributed by atoms with Crippen molar-refractivity contribution in [3.63, 3.8) is 0 Å². The van der Waals surface area contributed by atoms with Crippen LogP contribution in [0.2, 0.25) is 0 Å². The molecule has 0 spiro atoms. The van der Waals surface area contributed by atoms with Crippen LogP contribution in [0, 0.1) is 0 Å². The largest absolute Gasteiger partial charge is 0.465 e. The summed E-state index contributed by atoms with van der Waals surface area (Å²) >= 11 is 0. The SMILES string of the molecule is CCNC(=O)Nc1ccc(C(=O)OC)cc1N1CCN(c2ncccn2)CC1. The van der Waals surface area contributed by atoms with E-state index in [1.54, 1.807) is 36.7 Å². The van der Waals surface area contributed by atoms with Crippen LogP contribution in [0.4, 0.5) is 22.1 Å². The highest BCUT2D eigenvalue weighted by Gasteiger charge is 2.22. The molecule has 28 heavy (non-hydrogen) atoms. The molecule has 0 radical (unpaired) electrons. The van der Waals surface area contributed by atoms with E-state index in [0.717, 1.165) is 18.8 Å². The van der Waals surface area contributed by atoms with Gasteiger partial charge in [0.1, 0.15) is 0 Å². The van der Waals surface area contributed by atoms with Gasteiger partial charge in [0.05, 0.1) is 24.0 Å². The van der Waals surface area contributed by atoms with Gasteiger partial charge in [0.2, 0.25) is 5.95 Å². The average Bonchev–Trinajstić information content (AvgIpc) is 2.74. The smallest absolute Gasteiger partial charge is 0.337 e. The van der Waals surface area contributed by atoms with Gasteiger partial charge in [-0.1, -0.05) is 0 Å². The minimum absolute atomic E-state index is 0.286. The Morgan fingerprint density at radius 2 is 1.79 bits per heavy atom. The summed E-state index contributed by atoms with van der Waals surface area (Å²) in [6.45, 7) is 5.24. The van der Waals surface area contributed by atoms with Crippen molar-refractivity contribution in [2.45, 2.75) is 6.92 Å². The number of piperazine rings is 1. The normalized spacial score (nSPS) is 13.8. The average molecular weight is 384 g/mol. The highest BCUT2D eigenvalue weighted by Crippen LogP contribution is 2.29. The zero-order valence-corrected chi connectivity index (χ0v) is 16.0. The number of nitrogens with one attached hydrogen (secondary N) is 2. The number of urea groups is 1. The fourth-order valence-corrected chi connectivity index (χ4v) is 3.07. The molecule has 3 rings (SSSR count). The maximum absolute atomic E-state index is 12.0. The van der Waals surface area contributed by atoms with Gasteiger partial charge in [0.15, 0.2) is 0 Å². The number of anilines is 3. The van der Waals surface area contributed by atoms with Gasteiger partial charge in [-0.15, -0.1) is 0 Å². The summed E-state index contributed by atoms with van der Waals surface area (Å²) in [7, 11) is 1.35. The first-order chi connectivity index (χ1) is 13.6. The number of carbonyl (C=O) groups excluding carboxylic acids is 2. The van der Waals surface area contributed by atoms with Crippen molar-refractivity contribution in [2.75, 3.05) is 55.0 Å². The van der Waals surface area contributed by atoms with Gasteiger partial charge < -0.3 is 25.2 Å². The van der Waals surface area contributed by atoms with Gasteiger partial charge >= 0.3 is 12.0 Å². The summed E-state index contributed by atoms with van der Waals surface area (Å²) in [4.78, 5) is 36.8. The van der Waals surface area contributed by atoms with Gasteiger partial charge in [-0.25, -0.2) is 19.6 Å². The molecule has 9 heteroatoms. The third kappa shape index (κ3) is 4.48. The Morgan fingerprint density at radius 3 is 2.43 bits per heavy atom. The number of rotatable bonds is 5. The number of amides is 2. The maximum atomic E-state index is 12.0. The lowest BCUT2D eigenvalue weighted by Gasteiger charge is -2.37. The fourth-order valence-electron chi connectivity index (χ4n) is 3.07. The van der Waals surface area contributed by atoms with E-state index in [1.807, 2.05) is 6.92 Å². The molecular weight excluding hydrogens is 360 g/mol. The second-order valence-electron chi connectivity index (χ2n) is 6.23. The first kappa shape index (κ1) is 19.4. The second-order valence-corrected chi connectivity index (χ2v) is 6.23. The van der Waals surface area contributed by atoms with E-state index < -0.39 is 5.97 Å². The lowest BCUT2D eigenvalue weighted by atomic mass is 10.1. The number of hydrogen-bond donors (Lipinski definition) is 2. The third-order valence-electron chi connectivity index (χ3n) is 4.46. The Bertz CT molecular complexity index is 822. The maximum Gasteiger partial charge on any atom is 0.337 e. The van der Waals surface area contributed by atoms with E-state index in [1.165, 1.54) is 7.11 Å². The molecule has 2 heterocycles.